The van der Waals surface area contributed by atoms with Gasteiger partial charge in [0.1, 0.15) is 27.3 Å². The molecule has 1 atom stereocenters. The van der Waals surface area contributed by atoms with Crippen LogP contribution in [-0.4, -0.2) is 46.3 Å². The molecule has 164 valence electrons. The third-order valence-corrected chi connectivity index (χ3v) is 6.11. The molecule has 1 aliphatic heterocycles. The molecule has 0 radical (unpaired) electrons. The molecular weight excluding hydrogens is 424 g/mol. The van der Waals surface area contributed by atoms with E-state index < -0.39 is 17.5 Å². The Morgan fingerprint density at radius 2 is 2.06 bits per heavy atom. The molecule has 11 heteroatoms. The van der Waals surface area contributed by atoms with Crippen molar-refractivity contribution >= 4 is 33.8 Å². The summed E-state index contributed by atoms with van der Waals surface area (Å²) < 4.78 is 29.9. The highest BCUT2D eigenvalue weighted by atomic mass is 32.1. The van der Waals surface area contributed by atoms with E-state index in [1.54, 1.807) is 10.9 Å². The number of amides is 1. The molecule has 2 aromatic heterocycles. The van der Waals surface area contributed by atoms with E-state index in [2.05, 4.69) is 32.5 Å². The van der Waals surface area contributed by atoms with Gasteiger partial charge in [-0.2, -0.15) is 5.10 Å². The predicted octanol–water partition coefficient (Wildman–Crippen LogP) is 2.84. The number of benzene rings is 1. The van der Waals surface area contributed by atoms with Gasteiger partial charge in [-0.05, 0) is 25.5 Å². The maximum absolute atomic E-state index is 14.1. The van der Waals surface area contributed by atoms with Crippen LogP contribution < -0.4 is 21.3 Å². The first-order chi connectivity index (χ1) is 14.8. The number of aromatic nitrogens is 3. The predicted molar refractivity (Wildman–Crippen MR) is 117 cm³/mol. The monoisotopic (exact) mass is 447 g/mol. The number of hydrogen-bond donors (Lipinski definition) is 3. The van der Waals surface area contributed by atoms with Crippen molar-refractivity contribution < 1.29 is 13.6 Å². The van der Waals surface area contributed by atoms with Gasteiger partial charge in [0.15, 0.2) is 11.5 Å². The largest absolute Gasteiger partial charge is 0.389 e. The first-order valence-electron chi connectivity index (χ1n) is 9.87. The second-order valence-electron chi connectivity index (χ2n) is 7.42. The minimum absolute atomic E-state index is 0.0113. The van der Waals surface area contributed by atoms with Crippen LogP contribution in [-0.2, 0) is 7.05 Å². The topological polar surface area (TPSA) is 101 Å². The van der Waals surface area contributed by atoms with E-state index in [1.807, 2.05) is 7.05 Å². The molecule has 1 amide bonds. The minimum atomic E-state index is -0.765. The van der Waals surface area contributed by atoms with Gasteiger partial charge >= 0.3 is 0 Å². The number of carbonyl (C=O) groups is 1. The van der Waals surface area contributed by atoms with Gasteiger partial charge in [-0.25, -0.2) is 13.8 Å². The Kier molecular flexibility index (Phi) is 5.88. The first kappa shape index (κ1) is 21.2. The number of halogens is 2. The Morgan fingerprint density at radius 3 is 2.81 bits per heavy atom. The van der Waals surface area contributed by atoms with Crippen molar-refractivity contribution in [2.45, 2.75) is 19.4 Å². The number of anilines is 3. The first-order valence-corrected chi connectivity index (χ1v) is 10.7. The summed E-state index contributed by atoms with van der Waals surface area (Å²) in [5.74, 6) is -1.32. The van der Waals surface area contributed by atoms with Gasteiger partial charge in [0, 0.05) is 32.7 Å². The summed E-state index contributed by atoms with van der Waals surface area (Å²) in [7, 11) is 1.81. The fourth-order valence-electron chi connectivity index (χ4n) is 3.60. The highest BCUT2D eigenvalue weighted by molar-refractivity contribution is 7.19. The lowest BCUT2D eigenvalue weighted by atomic mass is 10.2. The van der Waals surface area contributed by atoms with Gasteiger partial charge in [-0.3, -0.25) is 9.48 Å². The van der Waals surface area contributed by atoms with E-state index >= 15 is 0 Å². The van der Waals surface area contributed by atoms with Crippen LogP contribution in [0.15, 0.2) is 24.4 Å². The number of aryl methyl sites for hydroxylation is 1. The summed E-state index contributed by atoms with van der Waals surface area (Å²) in [6, 6.07) is 3.94. The minimum Gasteiger partial charge on any atom is -0.389 e. The zero-order chi connectivity index (χ0) is 22.1. The van der Waals surface area contributed by atoms with Crippen LogP contribution in [0.4, 0.5) is 25.3 Å². The van der Waals surface area contributed by atoms with E-state index in [4.69, 9.17) is 5.73 Å². The zero-order valence-corrected chi connectivity index (χ0v) is 18.0. The van der Waals surface area contributed by atoms with Crippen molar-refractivity contribution in [1.29, 1.82) is 0 Å². The molecule has 1 fully saturated rings. The quantitative estimate of drug-likeness (QED) is 0.569. The van der Waals surface area contributed by atoms with Gasteiger partial charge in [-0.1, -0.05) is 17.4 Å². The van der Waals surface area contributed by atoms with Crippen molar-refractivity contribution in [1.82, 2.24) is 20.1 Å². The zero-order valence-electron chi connectivity index (χ0n) is 17.2. The van der Waals surface area contributed by atoms with Crippen molar-refractivity contribution in [2.24, 2.45) is 7.05 Å². The van der Waals surface area contributed by atoms with E-state index in [0.717, 1.165) is 55.3 Å². The van der Waals surface area contributed by atoms with E-state index in [9.17, 15) is 13.6 Å². The molecule has 0 bridgehead atoms. The lowest BCUT2D eigenvalue weighted by Crippen LogP contribution is -2.31. The molecule has 0 aliphatic carbocycles. The number of nitrogens with two attached hydrogens (primary N) is 1. The van der Waals surface area contributed by atoms with E-state index in [-0.39, 0.29) is 21.3 Å². The van der Waals surface area contributed by atoms with Crippen LogP contribution in [0.25, 0.3) is 10.6 Å². The van der Waals surface area contributed by atoms with Crippen LogP contribution >= 0.6 is 11.3 Å². The summed E-state index contributed by atoms with van der Waals surface area (Å²) >= 11 is 0.861. The van der Waals surface area contributed by atoms with Gasteiger partial charge in [-0.15, -0.1) is 0 Å². The van der Waals surface area contributed by atoms with Gasteiger partial charge in [0.2, 0.25) is 0 Å². The molecular formula is C20H23F2N7OS. The summed E-state index contributed by atoms with van der Waals surface area (Å²) in [4.78, 5) is 19.2. The second kappa shape index (κ2) is 8.60. The number of nitrogens with one attached hydrogen (secondary N) is 2. The average molecular weight is 448 g/mol. The van der Waals surface area contributed by atoms with Crippen molar-refractivity contribution in [3.63, 3.8) is 0 Å². The van der Waals surface area contributed by atoms with Crippen LogP contribution in [0.1, 0.15) is 23.8 Å². The summed E-state index contributed by atoms with van der Waals surface area (Å²) in [5.41, 5.74) is 6.11. The molecule has 1 saturated heterocycles. The summed E-state index contributed by atoms with van der Waals surface area (Å²) in [5, 5.41) is 10.6. The SMILES string of the molecule is C[C@@H]1CCN(c2c(NC(=O)c3nc(-c4c(F)cccc4F)sc3N)cnn2C)CCN1. The van der Waals surface area contributed by atoms with Crippen LogP contribution in [0, 0.1) is 11.6 Å². The molecule has 8 nitrogen and oxygen atoms in total. The van der Waals surface area contributed by atoms with Crippen molar-refractivity contribution in [2.75, 3.05) is 35.6 Å². The highest BCUT2D eigenvalue weighted by Crippen LogP contribution is 2.34. The molecule has 0 unspecified atom stereocenters. The Morgan fingerprint density at radius 1 is 1.32 bits per heavy atom. The fraction of sp³-hybridized carbons (Fsp3) is 0.350. The number of carbonyl (C=O) groups excluding carboxylic acids is 1. The van der Waals surface area contributed by atoms with E-state index in [0.29, 0.717) is 11.7 Å². The maximum Gasteiger partial charge on any atom is 0.277 e. The number of hydrogen-bond acceptors (Lipinski definition) is 7. The smallest absolute Gasteiger partial charge is 0.277 e. The van der Waals surface area contributed by atoms with Crippen LogP contribution in [0.3, 0.4) is 0 Å². The Labute approximate surface area is 182 Å². The summed E-state index contributed by atoms with van der Waals surface area (Å²) in [6.07, 6.45) is 2.52. The Balaban J connectivity index is 1.60. The Hall–Kier alpha value is -3.05. The molecule has 31 heavy (non-hydrogen) atoms. The number of thiazole rings is 1. The molecule has 1 aliphatic rings. The van der Waals surface area contributed by atoms with Gasteiger partial charge in [0.25, 0.3) is 5.91 Å². The molecule has 0 saturated carbocycles. The fourth-order valence-corrected chi connectivity index (χ4v) is 4.48. The lowest BCUT2D eigenvalue weighted by Gasteiger charge is -2.23. The summed E-state index contributed by atoms with van der Waals surface area (Å²) in [6.45, 7) is 4.53. The molecule has 4 rings (SSSR count). The average Bonchev–Trinajstić information content (AvgIpc) is 3.19. The highest BCUT2D eigenvalue weighted by Gasteiger charge is 2.25. The molecule has 3 aromatic rings. The number of rotatable bonds is 4. The third kappa shape index (κ3) is 4.23. The number of nitrogen functional groups attached to an aromatic ring is 1. The van der Waals surface area contributed by atoms with Crippen LogP contribution in [0.5, 0.6) is 0 Å². The van der Waals surface area contributed by atoms with Crippen LogP contribution in [0.2, 0.25) is 0 Å². The number of nitrogens with zero attached hydrogens (tertiary/aromatic N) is 4. The molecule has 0 spiro atoms. The van der Waals surface area contributed by atoms with E-state index in [1.165, 1.54) is 6.07 Å². The molecule has 3 heterocycles. The standard InChI is InChI=1S/C20H23F2N7OS/c1-11-6-8-29(9-7-24-11)20-14(10-25-28(20)2)26-18(30)16-17(23)31-19(27-16)15-12(21)4-3-5-13(15)22/h3-5,10-11,24H,6-9,23H2,1-2H3,(H,26,30)/t11-/m1/s1. The lowest BCUT2D eigenvalue weighted by molar-refractivity contribution is 0.102. The van der Waals surface area contributed by atoms with Crippen molar-refractivity contribution in [3.8, 4) is 10.6 Å². The molecule has 4 N–H and O–H groups in total. The maximum atomic E-state index is 14.1. The normalized spacial score (nSPS) is 16.9. The third-order valence-electron chi connectivity index (χ3n) is 5.21. The van der Waals surface area contributed by atoms with Crippen molar-refractivity contribution in [3.05, 3.63) is 41.7 Å². The second-order valence-corrected chi connectivity index (χ2v) is 8.45. The van der Waals surface area contributed by atoms with Gasteiger partial charge in [0.05, 0.1) is 11.8 Å². The molecule has 1 aromatic carbocycles. The Bertz CT molecular complexity index is 1090. The van der Waals surface area contributed by atoms with Gasteiger partial charge < -0.3 is 21.3 Å².